The van der Waals surface area contributed by atoms with Gasteiger partial charge in [-0.15, -0.1) is 0 Å². The second-order valence-corrected chi connectivity index (χ2v) is 6.73. The number of hydrogen-bond acceptors (Lipinski definition) is 3. The summed E-state index contributed by atoms with van der Waals surface area (Å²) in [4.78, 5) is 11.9. The molecule has 0 aromatic carbocycles. The summed E-state index contributed by atoms with van der Waals surface area (Å²) in [6.07, 6.45) is 1.69. The molecule has 1 N–H and O–H groups in total. The fourth-order valence-corrected chi connectivity index (χ4v) is 3.17. The Balaban J connectivity index is 1.72. The number of hydrogen-bond donors (Lipinski definition) is 1. The Hall–Kier alpha value is -1.05. The first-order valence-electron chi connectivity index (χ1n) is 6.87. The van der Waals surface area contributed by atoms with Gasteiger partial charge in [-0.2, -0.15) is 18.3 Å². The van der Waals surface area contributed by atoms with Crippen molar-refractivity contribution < 1.29 is 13.2 Å². The summed E-state index contributed by atoms with van der Waals surface area (Å²) in [5.41, 5.74) is 0.0271. The van der Waals surface area contributed by atoms with E-state index in [9.17, 15) is 18.0 Å². The van der Waals surface area contributed by atoms with Crippen LogP contribution in [0.4, 0.5) is 18.9 Å². The minimum absolute atomic E-state index is 0.105. The highest BCUT2D eigenvalue weighted by atomic mass is 79.9. The summed E-state index contributed by atoms with van der Waals surface area (Å²) in [6, 6.07) is 0. The maximum Gasteiger partial charge on any atom is 0.408 e. The summed E-state index contributed by atoms with van der Waals surface area (Å²) in [5.74, 6) is 0.766. The quantitative estimate of drug-likeness (QED) is 0.871. The lowest BCUT2D eigenvalue weighted by atomic mass is 10.0. The van der Waals surface area contributed by atoms with Crippen molar-refractivity contribution in [2.24, 2.45) is 11.3 Å². The SMILES string of the molecule is O=c1c(Br)c(NCC2(C3CC3)CC2)cnn1CC(F)(F)F. The van der Waals surface area contributed by atoms with Crippen molar-refractivity contribution in [1.29, 1.82) is 0 Å². The molecule has 2 saturated carbocycles. The lowest BCUT2D eigenvalue weighted by Gasteiger charge is -2.17. The molecule has 0 saturated heterocycles. The van der Waals surface area contributed by atoms with Crippen molar-refractivity contribution >= 4 is 21.6 Å². The van der Waals surface area contributed by atoms with Crippen LogP contribution in [0.1, 0.15) is 25.7 Å². The van der Waals surface area contributed by atoms with Crippen molar-refractivity contribution in [2.75, 3.05) is 11.9 Å². The maximum atomic E-state index is 12.3. The summed E-state index contributed by atoms with van der Waals surface area (Å²) in [6.45, 7) is -0.628. The van der Waals surface area contributed by atoms with Crippen molar-refractivity contribution in [3.63, 3.8) is 0 Å². The van der Waals surface area contributed by atoms with E-state index in [2.05, 4.69) is 26.3 Å². The fourth-order valence-electron chi connectivity index (χ4n) is 2.73. The zero-order chi connectivity index (χ0) is 15.3. The molecule has 0 spiro atoms. The molecule has 2 aliphatic rings. The number of anilines is 1. The van der Waals surface area contributed by atoms with Crippen molar-refractivity contribution in [3.05, 3.63) is 21.0 Å². The molecule has 0 unspecified atom stereocenters. The van der Waals surface area contributed by atoms with E-state index < -0.39 is 18.3 Å². The smallest absolute Gasteiger partial charge is 0.382 e. The summed E-state index contributed by atoms with van der Waals surface area (Å²) < 4.78 is 37.5. The Kier molecular flexibility index (Phi) is 3.54. The van der Waals surface area contributed by atoms with Crippen molar-refractivity contribution in [2.45, 2.75) is 38.4 Å². The normalized spacial score (nSPS) is 20.4. The van der Waals surface area contributed by atoms with Gasteiger partial charge in [0.25, 0.3) is 5.56 Å². The van der Waals surface area contributed by atoms with Crippen LogP contribution < -0.4 is 10.9 Å². The first-order chi connectivity index (χ1) is 9.81. The predicted octanol–water partition coefficient (Wildman–Crippen LogP) is 3.17. The molecule has 4 nitrogen and oxygen atoms in total. The van der Waals surface area contributed by atoms with Gasteiger partial charge in [-0.1, -0.05) is 0 Å². The van der Waals surface area contributed by atoms with E-state index >= 15 is 0 Å². The van der Waals surface area contributed by atoms with Crippen LogP contribution in [-0.2, 0) is 6.54 Å². The van der Waals surface area contributed by atoms with Gasteiger partial charge in [0, 0.05) is 6.54 Å². The van der Waals surface area contributed by atoms with E-state index in [0.717, 1.165) is 12.5 Å². The van der Waals surface area contributed by atoms with Gasteiger partial charge in [0.2, 0.25) is 0 Å². The highest BCUT2D eigenvalue weighted by Crippen LogP contribution is 2.61. The monoisotopic (exact) mass is 365 g/mol. The third kappa shape index (κ3) is 3.25. The van der Waals surface area contributed by atoms with Crippen LogP contribution in [0.25, 0.3) is 0 Å². The molecule has 3 rings (SSSR count). The Labute approximate surface area is 127 Å². The Morgan fingerprint density at radius 3 is 2.62 bits per heavy atom. The number of halogens is 4. The molecule has 0 amide bonds. The second-order valence-electron chi connectivity index (χ2n) is 5.94. The maximum absolute atomic E-state index is 12.3. The molecule has 8 heteroatoms. The molecule has 1 aromatic rings. The number of alkyl halides is 3. The first-order valence-corrected chi connectivity index (χ1v) is 7.66. The van der Waals surface area contributed by atoms with Gasteiger partial charge >= 0.3 is 6.18 Å². The minimum Gasteiger partial charge on any atom is -0.382 e. The molecule has 1 heterocycles. The van der Waals surface area contributed by atoms with Crippen LogP contribution in [-0.4, -0.2) is 22.5 Å². The molecular weight excluding hydrogens is 351 g/mol. The molecule has 0 radical (unpaired) electrons. The molecule has 116 valence electrons. The van der Waals surface area contributed by atoms with E-state index in [1.54, 1.807) is 0 Å². The van der Waals surface area contributed by atoms with Crippen LogP contribution in [0.3, 0.4) is 0 Å². The van der Waals surface area contributed by atoms with Gasteiger partial charge < -0.3 is 5.32 Å². The van der Waals surface area contributed by atoms with Gasteiger partial charge in [0.05, 0.1) is 11.9 Å². The number of nitrogens with one attached hydrogen (secondary N) is 1. The van der Waals surface area contributed by atoms with Crippen LogP contribution >= 0.6 is 15.9 Å². The highest BCUT2D eigenvalue weighted by molar-refractivity contribution is 9.10. The average molecular weight is 366 g/mol. The average Bonchev–Trinajstić information content (AvgIpc) is 3.24. The molecular formula is C13H15BrF3N3O. The third-order valence-corrected chi connectivity index (χ3v) is 5.05. The van der Waals surface area contributed by atoms with Gasteiger partial charge in [-0.3, -0.25) is 4.79 Å². The molecule has 0 bridgehead atoms. The third-order valence-electron chi connectivity index (χ3n) is 4.28. The Bertz CT molecular complexity index is 606. The summed E-state index contributed by atoms with van der Waals surface area (Å²) >= 11 is 3.08. The van der Waals surface area contributed by atoms with Gasteiger partial charge in [0.1, 0.15) is 11.0 Å². The molecule has 1 aromatic heterocycles. The van der Waals surface area contributed by atoms with Crippen molar-refractivity contribution in [1.82, 2.24) is 9.78 Å². The highest BCUT2D eigenvalue weighted by Gasteiger charge is 2.53. The van der Waals surface area contributed by atoms with E-state index in [1.807, 2.05) is 0 Å². The zero-order valence-corrected chi connectivity index (χ0v) is 12.8. The standard InChI is InChI=1S/C13H15BrF3N3O/c14-10-9(18-6-12(3-4-12)8-1-2-8)5-19-20(11(10)21)7-13(15,16)17/h5,8,18H,1-4,6-7H2. The van der Waals surface area contributed by atoms with E-state index in [0.29, 0.717) is 15.8 Å². The second kappa shape index (κ2) is 5.00. The predicted molar refractivity (Wildman–Crippen MR) is 75.1 cm³/mol. The van der Waals surface area contributed by atoms with Gasteiger partial charge in [-0.05, 0) is 52.9 Å². The summed E-state index contributed by atoms with van der Waals surface area (Å²) in [7, 11) is 0. The molecule has 0 aliphatic heterocycles. The number of rotatable bonds is 5. The van der Waals surface area contributed by atoms with E-state index in [-0.39, 0.29) is 4.47 Å². The first kappa shape index (κ1) is 14.9. The molecule has 21 heavy (non-hydrogen) atoms. The Morgan fingerprint density at radius 1 is 1.43 bits per heavy atom. The molecule has 2 fully saturated rings. The largest absolute Gasteiger partial charge is 0.408 e. The van der Waals surface area contributed by atoms with Gasteiger partial charge in [-0.25, -0.2) is 4.68 Å². The lowest BCUT2D eigenvalue weighted by molar-refractivity contribution is -0.143. The van der Waals surface area contributed by atoms with Gasteiger partial charge in [0.15, 0.2) is 0 Å². The lowest BCUT2D eigenvalue weighted by Crippen LogP contribution is -2.31. The van der Waals surface area contributed by atoms with Crippen LogP contribution in [0, 0.1) is 11.3 Å². The topological polar surface area (TPSA) is 46.9 Å². The van der Waals surface area contributed by atoms with E-state index in [1.165, 1.54) is 31.9 Å². The fraction of sp³-hybridized carbons (Fsp3) is 0.692. The molecule has 2 aliphatic carbocycles. The number of aromatic nitrogens is 2. The van der Waals surface area contributed by atoms with Crippen LogP contribution in [0.15, 0.2) is 15.5 Å². The number of nitrogens with zero attached hydrogens (tertiary/aromatic N) is 2. The van der Waals surface area contributed by atoms with Crippen LogP contribution in [0.5, 0.6) is 0 Å². The van der Waals surface area contributed by atoms with Crippen LogP contribution in [0.2, 0.25) is 0 Å². The van der Waals surface area contributed by atoms with E-state index in [4.69, 9.17) is 0 Å². The zero-order valence-electron chi connectivity index (χ0n) is 11.2. The molecule has 0 atom stereocenters. The minimum atomic E-state index is -4.46. The summed E-state index contributed by atoms with van der Waals surface area (Å²) in [5, 5.41) is 6.76. The Morgan fingerprint density at radius 2 is 2.10 bits per heavy atom. The van der Waals surface area contributed by atoms with Crippen molar-refractivity contribution in [3.8, 4) is 0 Å².